The molecule has 0 aliphatic carbocycles. The van der Waals surface area contributed by atoms with Crippen LogP contribution in [0.5, 0.6) is 0 Å². The molecule has 3 N–H and O–H groups in total. The molecule has 0 saturated carbocycles. The molecule has 2 unspecified atom stereocenters. The van der Waals surface area contributed by atoms with E-state index < -0.39 is 11.3 Å². The number of nitrogens with zero attached hydrogens (tertiary/aromatic N) is 2. The van der Waals surface area contributed by atoms with Gasteiger partial charge in [0.25, 0.3) is 0 Å². The van der Waals surface area contributed by atoms with E-state index in [0.29, 0.717) is 35.9 Å². The molecule has 0 spiro atoms. The summed E-state index contributed by atoms with van der Waals surface area (Å²) in [5.41, 5.74) is 0.985. The Morgan fingerprint density at radius 2 is 2.10 bits per heavy atom. The molecule has 0 bridgehead atoms. The number of thioether (sulfide) groups is 1. The molecule has 4 rings (SSSR count). The van der Waals surface area contributed by atoms with Crippen LogP contribution >= 0.6 is 11.8 Å². The molecule has 2 aliphatic rings. The smallest absolute Gasteiger partial charge is 0.247 e. The maximum absolute atomic E-state index is 13.9. The van der Waals surface area contributed by atoms with Gasteiger partial charge in [-0.25, -0.2) is 9.37 Å². The first-order chi connectivity index (χ1) is 15.0. The van der Waals surface area contributed by atoms with Gasteiger partial charge in [-0.3, -0.25) is 14.4 Å². The predicted octanol–water partition coefficient (Wildman–Crippen LogP) is 0.938. The molecule has 3 amide bonds. The maximum atomic E-state index is 13.9. The van der Waals surface area contributed by atoms with Gasteiger partial charge in [0, 0.05) is 18.8 Å². The Hall–Kier alpha value is -3.14. The molecule has 2 fully saturated rings. The third kappa shape index (κ3) is 5.13. The van der Waals surface area contributed by atoms with E-state index in [0.717, 1.165) is 0 Å². The van der Waals surface area contributed by atoms with Crippen molar-refractivity contribution in [3.8, 4) is 0 Å². The van der Waals surface area contributed by atoms with Gasteiger partial charge >= 0.3 is 0 Å². The molecule has 1 aromatic heterocycles. The van der Waals surface area contributed by atoms with Gasteiger partial charge in [0.2, 0.25) is 17.7 Å². The number of nitrogens with one attached hydrogen (secondary N) is 3. The number of benzene rings is 1. The normalized spacial score (nSPS) is 21.3. The van der Waals surface area contributed by atoms with Crippen LogP contribution in [0.3, 0.4) is 0 Å². The van der Waals surface area contributed by atoms with E-state index in [1.54, 1.807) is 30.3 Å². The van der Waals surface area contributed by atoms with Gasteiger partial charge in [-0.2, -0.15) is 0 Å². The molecular formula is C21H22FN5O3S. The molecule has 8 nitrogen and oxygen atoms in total. The number of hydrogen-bond acceptors (Lipinski definition) is 6. The number of amides is 3. The lowest BCUT2D eigenvalue weighted by Gasteiger charge is -2.28. The molecule has 2 aliphatic heterocycles. The van der Waals surface area contributed by atoms with E-state index in [4.69, 9.17) is 0 Å². The summed E-state index contributed by atoms with van der Waals surface area (Å²) in [7, 11) is 0. The number of aromatic nitrogens is 1. The van der Waals surface area contributed by atoms with Crippen LogP contribution in [0.2, 0.25) is 0 Å². The molecule has 2 saturated heterocycles. The Kier molecular flexibility index (Phi) is 6.36. The summed E-state index contributed by atoms with van der Waals surface area (Å²) < 4.78 is 13.9. The third-order valence-corrected chi connectivity index (χ3v) is 6.44. The fourth-order valence-corrected chi connectivity index (χ4v) is 4.64. The first kappa shape index (κ1) is 21.1. The molecule has 31 heavy (non-hydrogen) atoms. The number of pyridine rings is 1. The summed E-state index contributed by atoms with van der Waals surface area (Å²) in [6, 6.07) is 9.15. The largest absolute Gasteiger partial charge is 0.353 e. The highest BCUT2D eigenvalue weighted by Crippen LogP contribution is 2.24. The number of carbonyl (C=O) groups excluding carboxylic acids is 3. The van der Waals surface area contributed by atoms with Crippen molar-refractivity contribution in [1.82, 2.24) is 15.6 Å². The van der Waals surface area contributed by atoms with Crippen LogP contribution < -0.4 is 20.9 Å². The minimum absolute atomic E-state index is 0.0516. The minimum atomic E-state index is -0.681. The average Bonchev–Trinajstić information content (AvgIpc) is 2.77. The fourth-order valence-electron chi connectivity index (χ4n) is 3.46. The van der Waals surface area contributed by atoms with Crippen molar-refractivity contribution in [1.29, 1.82) is 0 Å². The van der Waals surface area contributed by atoms with Crippen molar-refractivity contribution < 1.29 is 18.8 Å². The summed E-state index contributed by atoms with van der Waals surface area (Å²) in [5, 5.41) is 7.80. The van der Waals surface area contributed by atoms with Crippen LogP contribution in [0.1, 0.15) is 5.56 Å². The van der Waals surface area contributed by atoms with Crippen molar-refractivity contribution in [2.75, 3.05) is 35.6 Å². The van der Waals surface area contributed by atoms with Gasteiger partial charge in [0.05, 0.1) is 23.7 Å². The zero-order chi connectivity index (χ0) is 21.8. The minimum Gasteiger partial charge on any atom is -0.353 e. The van der Waals surface area contributed by atoms with Gasteiger partial charge in [0.1, 0.15) is 17.7 Å². The van der Waals surface area contributed by atoms with E-state index in [1.165, 1.54) is 24.0 Å². The van der Waals surface area contributed by atoms with E-state index >= 15 is 0 Å². The first-order valence-electron chi connectivity index (χ1n) is 9.93. The van der Waals surface area contributed by atoms with E-state index in [-0.39, 0.29) is 36.5 Å². The van der Waals surface area contributed by atoms with E-state index in [2.05, 4.69) is 20.9 Å². The summed E-state index contributed by atoms with van der Waals surface area (Å²) in [6.07, 6.45) is 1.80. The van der Waals surface area contributed by atoms with Crippen LogP contribution in [0.25, 0.3) is 0 Å². The van der Waals surface area contributed by atoms with Crippen LogP contribution in [-0.4, -0.2) is 59.4 Å². The highest BCUT2D eigenvalue weighted by Gasteiger charge is 2.33. The zero-order valence-corrected chi connectivity index (χ0v) is 17.5. The Balaban J connectivity index is 1.31. The van der Waals surface area contributed by atoms with Gasteiger partial charge in [-0.05, 0) is 30.2 Å². The second-order valence-corrected chi connectivity index (χ2v) is 8.58. The molecular weight excluding hydrogens is 421 g/mol. The van der Waals surface area contributed by atoms with Crippen LogP contribution in [0.4, 0.5) is 15.9 Å². The standard InChI is InChI=1S/C21H22FN5O3S/c22-15-4-2-1-3-13(15)9-17-21(30)26-16(12-31-17)20(29)25-14-5-6-18(24-10-14)27-8-7-23-19(28)11-27/h1-6,10,16-17H,7-9,11-12H2,(H,23,28)(H,25,29)(H,26,30). The van der Waals surface area contributed by atoms with Crippen LogP contribution in [-0.2, 0) is 20.8 Å². The molecule has 2 aromatic rings. The number of hydrogen-bond donors (Lipinski definition) is 3. The summed E-state index contributed by atoms with van der Waals surface area (Å²) in [6.45, 7) is 1.48. The van der Waals surface area contributed by atoms with E-state index in [1.807, 2.05) is 4.90 Å². The fraction of sp³-hybridized carbons (Fsp3) is 0.333. The molecule has 10 heteroatoms. The summed E-state index contributed by atoms with van der Waals surface area (Å²) in [5.74, 6) is 0.0468. The summed E-state index contributed by atoms with van der Waals surface area (Å²) >= 11 is 1.34. The Bertz CT molecular complexity index is 987. The summed E-state index contributed by atoms with van der Waals surface area (Å²) in [4.78, 5) is 42.7. The molecule has 1 aromatic carbocycles. The Morgan fingerprint density at radius 3 is 2.81 bits per heavy atom. The van der Waals surface area contributed by atoms with Crippen molar-refractivity contribution >= 4 is 41.0 Å². The predicted molar refractivity (Wildman–Crippen MR) is 116 cm³/mol. The van der Waals surface area contributed by atoms with Gasteiger partial charge in [-0.15, -0.1) is 11.8 Å². The van der Waals surface area contributed by atoms with E-state index in [9.17, 15) is 18.8 Å². The molecule has 0 radical (unpaired) electrons. The molecule has 162 valence electrons. The second kappa shape index (κ2) is 9.34. The Morgan fingerprint density at radius 1 is 1.26 bits per heavy atom. The van der Waals surface area contributed by atoms with Crippen LogP contribution in [0.15, 0.2) is 42.6 Å². The monoisotopic (exact) mass is 443 g/mol. The van der Waals surface area contributed by atoms with Crippen LogP contribution in [0, 0.1) is 5.82 Å². The van der Waals surface area contributed by atoms with Crippen molar-refractivity contribution in [3.05, 3.63) is 54.0 Å². The molecule has 2 atom stereocenters. The maximum Gasteiger partial charge on any atom is 0.247 e. The molecule has 3 heterocycles. The van der Waals surface area contributed by atoms with Gasteiger partial charge in [-0.1, -0.05) is 18.2 Å². The lowest BCUT2D eigenvalue weighted by Crippen LogP contribution is -2.52. The number of rotatable bonds is 5. The zero-order valence-electron chi connectivity index (χ0n) is 16.6. The Labute approximate surface area is 183 Å². The first-order valence-corrected chi connectivity index (χ1v) is 11.0. The highest BCUT2D eigenvalue weighted by molar-refractivity contribution is 8.00. The number of anilines is 2. The second-order valence-electron chi connectivity index (χ2n) is 7.34. The number of carbonyl (C=O) groups is 3. The van der Waals surface area contributed by atoms with Crippen molar-refractivity contribution in [3.63, 3.8) is 0 Å². The number of halogens is 1. The topological polar surface area (TPSA) is 103 Å². The highest BCUT2D eigenvalue weighted by atomic mass is 32.2. The lowest BCUT2D eigenvalue weighted by molar-refractivity contribution is -0.126. The average molecular weight is 444 g/mol. The quantitative estimate of drug-likeness (QED) is 0.636. The van der Waals surface area contributed by atoms with Gasteiger partial charge in [0.15, 0.2) is 0 Å². The van der Waals surface area contributed by atoms with Gasteiger partial charge < -0.3 is 20.9 Å². The van der Waals surface area contributed by atoms with Crippen molar-refractivity contribution in [2.45, 2.75) is 17.7 Å². The number of piperazine rings is 1. The lowest BCUT2D eigenvalue weighted by atomic mass is 10.1. The third-order valence-electron chi connectivity index (χ3n) is 5.13. The van der Waals surface area contributed by atoms with Crippen molar-refractivity contribution in [2.24, 2.45) is 0 Å². The SMILES string of the molecule is O=C1CN(c2ccc(NC(=O)C3CSC(Cc4ccccc4F)C(=O)N3)cn2)CCN1.